The number of allylic oxidation sites excluding steroid dienone is 1. The topological polar surface area (TPSA) is 30.7 Å². The molecule has 0 saturated carbocycles. The summed E-state index contributed by atoms with van der Waals surface area (Å²) < 4.78 is 2.43. The molecule has 0 amide bonds. The molecule has 0 unspecified atom stereocenters. The van der Waals surface area contributed by atoms with Gasteiger partial charge >= 0.3 is 0 Å². The first-order valence-corrected chi connectivity index (χ1v) is 14.9. The van der Waals surface area contributed by atoms with Gasteiger partial charge in [0.15, 0.2) is 0 Å². The number of nitrogens with zero attached hydrogens (tertiary/aromatic N) is 3. The van der Waals surface area contributed by atoms with E-state index in [-0.39, 0.29) is 0 Å². The highest BCUT2D eigenvalue weighted by molar-refractivity contribution is 6.23. The zero-order valence-electron chi connectivity index (χ0n) is 23.5. The smallest absolute Gasteiger partial charge is 0.0994 e. The lowest BCUT2D eigenvalue weighted by Crippen LogP contribution is -2.04. The van der Waals surface area contributed by atoms with Crippen LogP contribution in [0.3, 0.4) is 0 Å². The van der Waals surface area contributed by atoms with Gasteiger partial charge in [0, 0.05) is 33.0 Å². The van der Waals surface area contributed by atoms with Crippen LogP contribution in [0, 0.1) is 0 Å². The molecule has 0 fully saturated rings. The lowest BCUT2D eigenvalue weighted by molar-refractivity contribution is 0.968. The minimum Gasteiger partial charge on any atom is -0.309 e. The van der Waals surface area contributed by atoms with Gasteiger partial charge < -0.3 is 4.57 Å². The van der Waals surface area contributed by atoms with Crippen LogP contribution in [-0.4, -0.2) is 14.5 Å². The van der Waals surface area contributed by atoms with Crippen LogP contribution in [0.5, 0.6) is 0 Å². The zero-order chi connectivity index (χ0) is 28.3. The van der Waals surface area contributed by atoms with Crippen LogP contribution >= 0.6 is 0 Å². The molecule has 0 saturated heterocycles. The van der Waals surface area contributed by atoms with Crippen LogP contribution in [0.1, 0.15) is 17.7 Å². The van der Waals surface area contributed by atoms with Gasteiger partial charge in [0.05, 0.1) is 33.6 Å². The number of rotatable bonds is 3. The zero-order valence-corrected chi connectivity index (χ0v) is 23.5. The van der Waals surface area contributed by atoms with Crippen molar-refractivity contribution >= 4 is 49.6 Å². The van der Waals surface area contributed by atoms with Crippen molar-refractivity contribution in [3.05, 3.63) is 145 Å². The van der Waals surface area contributed by atoms with E-state index >= 15 is 0 Å². The van der Waals surface area contributed by atoms with E-state index in [1.54, 1.807) is 0 Å². The molecule has 202 valence electrons. The largest absolute Gasteiger partial charge is 0.309 e. The fourth-order valence-electron chi connectivity index (χ4n) is 6.96. The maximum Gasteiger partial charge on any atom is 0.0994 e. The lowest BCUT2D eigenvalue weighted by atomic mass is 9.97. The van der Waals surface area contributed by atoms with Crippen molar-refractivity contribution in [2.45, 2.75) is 12.8 Å². The Kier molecular flexibility index (Phi) is 5.32. The highest BCUT2D eigenvalue weighted by atomic mass is 15.0. The highest BCUT2D eigenvalue weighted by Crippen LogP contribution is 2.41. The van der Waals surface area contributed by atoms with Gasteiger partial charge in [-0.3, -0.25) is 0 Å². The molecule has 0 bridgehead atoms. The minimum atomic E-state index is 0.890. The number of hydrogen-bond acceptors (Lipinski definition) is 2. The average Bonchev–Trinajstić information content (AvgIpc) is 3.42. The molecule has 3 nitrogen and oxygen atoms in total. The van der Waals surface area contributed by atoms with Crippen molar-refractivity contribution < 1.29 is 0 Å². The normalized spacial score (nSPS) is 12.8. The number of fused-ring (bicyclic) bond motifs is 9. The van der Waals surface area contributed by atoms with Gasteiger partial charge in [0.2, 0.25) is 0 Å². The summed E-state index contributed by atoms with van der Waals surface area (Å²) >= 11 is 0. The molecule has 43 heavy (non-hydrogen) atoms. The van der Waals surface area contributed by atoms with Crippen LogP contribution in [0.2, 0.25) is 0 Å². The fourth-order valence-corrected chi connectivity index (χ4v) is 6.96. The van der Waals surface area contributed by atoms with Gasteiger partial charge in [-0.05, 0) is 47.4 Å². The Labute approximate surface area is 249 Å². The molecule has 3 heteroatoms. The maximum absolute atomic E-state index is 5.57. The Bertz CT molecular complexity index is 2400. The molecule has 0 radical (unpaired) electrons. The average molecular weight is 550 g/mol. The van der Waals surface area contributed by atoms with E-state index < -0.39 is 0 Å². The number of aryl methyl sites for hydroxylation is 1. The molecule has 2 heterocycles. The molecule has 9 rings (SSSR count). The Morgan fingerprint density at radius 2 is 1.09 bits per heavy atom. The second-order valence-corrected chi connectivity index (χ2v) is 11.2. The van der Waals surface area contributed by atoms with E-state index in [0.717, 1.165) is 62.8 Å². The Balaban J connectivity index is 1.43. The van der Waals surface area contributed by atoms with E-state index in [2.05, 4.69) is 144 Å². The monoisotopic (exact) mass is 549 g/mol. The Hall–Kier alpha value is -5.54. The first-order valence-electron chi connectivity index (χ1n) is 14.9. The van der Waals surface area contributed by atoms with Gasteiger partial charge in [-0.2, -0.15) is 0 Å². The van der Waals surface area contributed by atoms with Crippen LogP contribution in [0.25, 0.3) is 77.8 Å². The van der Waals surface area contributed by atoms with Gasteiger partial charge in [-0.1, -0.05) is 121 Å². The summed E-state index contributed by atoms with van der Waals surface area (Å²) in [6, 6.07) is 45.1. The van der Waals surface area contributed by atoms with Crippen molar-refractivity contribution in [1.82, 2.24) is 14.5 Å². The first kappa shape index (κ1) is 24.1. The number of para-hydroxylation sites is 2. The summed E-state index contributed by atoms with van der Waals surface area (Å²) in [4.78, 5) is 11.1. The van der Waals surface area contributed by atoms with Crippen molar-refractivity contribution in [2.75, 3.05) is 0 Å². The number of benzene rings is 6. The van der Waals surface area contributed by atoms with Gasteiger partial charge in [-0.15, -0.1) is 0 Å². The third-order valence-corrected chi connectivity index (χ3v) is 8.85. The molecule has 1 aliphatic rings. The molecule has 0 atom stereocenters. The maximum atomic E-state index is 5.57. The Morgan fingerprint density at radius 3 is 1.84 bits per heavy atom. The van der Waals surface area contributed by atoms with Crippen molar-refractivity contribution in [1.29, 1.82) is 0 Å². The van der Waals surface area contributed by atoms with Gasteiger partial charge in [0.1, 0.15) is 0 Å². The first-order chi connectivity index (χ1) is 21.4. The molecule has 0 aliphatic heterocycles. The SMILES string of the molecule is C1=Cc2c(c3ccccc3n2-c2ccccc2-c2nc3c4ccccc4c4ccccc4c3nc2-c2ccccc2)CC1. The molecule has 2 aromatic heterocycles. The van der Waals surface area contributed by atoms with E-state index in [1.807, 2.05) is 0 Å². The second-order valence-electron chi connectivity index (χ2n) is 11.2. The van der Waals surface area contributed by atoms with Crippen LogP contribution in [0.4, 0.5) is 0 Å². The van der Waals surface area contributed by atoms with E-state index in [4.69, 9.17) is 9.97 Å². The standard InChI is InChI=1S/C40H27N3/c1-2-14-26(15-3-1)37-40(42-39-32-21-7-5-17-28(32)27-16-4-6-20-31(27)38(39)41-37)33-22-10-13-25-36(33)43-34-23-11-8-18-29(34)30-19-9-12-24-35(30)43/h1-8,10-18,20-25H,9,19H2. The summed E-state index contributed by atoms with van der Waals surface area (Å²) in [5.74, 6) is 0. The molecular weight excluding hydrogens is 522 g/mol. The number of hydrogen-bond donors (Lipinski definition) is 0. The van der Waals surface area contributed by atoms with Crippen molar-refractivity contribution in [3.63, 3.8) is 0 Å². The molecule has 0 spiro atoms. The van der Waals surface area contributed by atoms with Gasteiger partial charge in [0.25, 0.3) is 0 Å². The molecular formula is C40H27N3. The second kappa shape index (κ2) is 9.50. The third-order valence-electron chi connectivity index (χ3n) is 8.85. The summed E-state index contributed by atoms with van der Waals surface area (Å²) in [6.45, 7) is 0. The molecule has 8 aromatic rings. The van der Waals surface area contributed by atoms with Crippen LogP contribution in [-0.2, 0) is 6.42 Å². The van der Waals surface area contributed by atoms with Crippen molar-refractivity contribution in [2.24, 2.45) is 0 Å². The summed E-state index contributed by atoms with van der Waals surface area (Å²) in [5, 5.41) is 5.96. The van der Waals surface area contributed by atoms with Crippen LogP contribution in [0.15, 0.2) is 133 Å². The van der Waals surface area contributed by atoms with Crippen LogP contribution < -0.4 is 0 Å². The summed E-state index contributed by atoms with van der Waals surface area (Å²) in [7, 11) is 0. The third kappa shape index (κ3) is 3.61. The van der Waals surface area contributed by atoms with Gasteiger partial charge in [-0.25, -0.2) is 9.97 Å². The quantitative estimate of drug-likeness (QED) is 0.205. The van der Waals surface area contributed by atoms with E-state index in [0.29, 0.717) is 0 Å². The molecule has 6 aromatic carbocycles. The lowest BCUT2D eigenvalue weighted by Gasteiger charge is -2.19. The molecule has 0 N–H and O–H groups in total. The predicted octanol–water partition coefficient (Wildman–Crippen LogP) is 10.2. The van der Waals surface area contributed by atoms with E-state index in [1.165, 1.54) is 32.9 Å². The predicted molar refractivity (Wildman–Crippen MR) is 180 cm³/mol. The summed E-state index contributed by atoms with van der Waals surface area (Å²) in [5.41, 5.74) is 10.8. The fraction of sp³-hybridized carbons (Fsp3) is 0.0500. The summed E-state index contributed by atoms with van der Waals surface area (Å²) in [6.07, 6.45) is 6.70. The molecule has 1 aliphatic carbocycles. The van der Waals surface area contributed by atoms with Crippen molar-refractivity contribution in [3.8, 4) is 28.2 Å². The minimum absolute atomic E-state index is 0.890. The highest BCUT2D eigenvalue weighted by Gasteiger charge is 2.23. The number of aromatic nitrogens is 3. The van der Waals surface area contributed by atoms with E-state index in [9.17, 15) is 0 Å². The Morgan fingerprint density at radius 1 is 0.512 bits per heavy atom.